The molecule has 60 valence electrons. The molecule has 0 aliphatic heterocycles. The van der Waals surface area contributed by atoms with Gasteiger partial charge in [-0.05, 0) is 12.1 Å². The highest BCUT2D eigenvalue weighted by molar-refractivity contribution is 7.73. The van der Waals surface area contributed by atoms with Crippen LogP contribution in [-0.2, 0) is 21.0 Å². The average Bonchev–Trinajstić information content (AvgIpc) is 2.07. The maximum absolute atomic E-state index is 5.12. The van der Waals surface area contributed by atoms with Gasteiger partial charge in [-0.25, -0.2) is 0 Å². The molecule has 0 fully saturated rings. The number of ether oxygens (including phenoxy) is 1. The molecule has 0 unspecified atom stereocenters. The first kappa shape index (κ1) is 8.59. The Morgan fingerprint density at radius 1 is 1.27 bits per heavy atom. The van der Waals surface area contributed by atoms with Crippen molar-refractivity contribution in [3.05, 3.63) is 30.3 Å². The van der Waals surface area contributed by atoms with Crippen LogP contribution >= 0.6 is 0 Å². The Labute approximate surface area is 70.7 Å². The van der Waals surface area contributed by atoms with Crippen LogP contribution in [-0.4, -0.2) is 13.9 Å². The molecule has 0 atom stereocenters. The molecule has 0 N–H and O–H groups in total. The maximum atomic E-state index is 5.12. The van der Waals surface area contributed by atoms with Gasteiger partial charge in [0.25, 0.3) is 0 Å². The smallest absolute Gasteiger partial charge is 0.202 e. The lowest BCUT2D eigenvalue weighted by atomic mass is 10.4. The summed E-state index contributed by atoms with van der Waals surface area (Å²) in [6.07, 6.45) is 0. The molecule has 3 heteroatoms. The van der Waals surface area contributed by atoms with Crippen molar-refractivity contribution in [1.29, 1.82) is 0 Å². The molecule has 0 saturated heterocycles. The van der Waals surface area contributed by atoms with Gasteiger partial charge in [-0.15, -0.1) is 4.18 Å². The Morgan fingerprint density at radius 3 is 2.64 bits per heavy atom. The zero-order valence-corrected chi connectivity index (χ0v) is 7.25. The molecular weight excluding hydrogens is 160 g/mol. The van der Waals surface area contributed by atoms with Gasteiger partial charge in [-0.1, -0.05) is 18.2 Å². The summed E-state index contributed by atoms with van der Waals surface area (Å²) in [6, 6.07) is 9.97. The summed E-state index contributed by atoms with van der Waals surface area (Å²) < 4.78 is 9.85. The summed E-state index contributed by atoms with van der Waals surface area (Å²) in [7, 11) is 1.61. The number of methoxy groups -OCH3 is 1. The Morgan fingerprint density at radius 2 is 2.00 bits per heavy atom. The Kier molecular flexibility index (Phi) is 4.04. The molecule has 2 nitrogen and oxygen atoms in total. The van der Waals surface area contributed by atoms with Crippen LogP contribution in [0.15, 0.2) is 35.2 Å². The molecule has 0 radical (unpaired) electrons. The van der Waals surface area contributed by atoms with Gasteiger partial charge in [0.15, 0.2) is 16.9 Å². The molecule has 1 rings (SSSR count). The van der Waals surface area contributed by atoms with Crippen LogP contribution in [0.5, 0.6) is 0 Å². The van der Waals surface area contributed by atoms with Crippen LogP contribution < -0.4 is 0 Å². The molecule has 0 bridgehead atoms. The predicted molar refractivity (Wildman–Crippen MR) is 46.4 cm³/mol. The maximum Gasteiger partial charge on any atom is 0.202 e. The first-order valence-corrected chi connectivity index (χ1v) is 4.11. The topological polar surface area (TPSA) is 18.5 Å². The quantitative estimate of drug-likeness (QED) is 0.295. The lowest BCUT2D eigenvalue weighted by Gasteiger charge is -1.90. The van der Waals surface area contributed by atoms with Gasteiger partial charge in [0.1, 0.15) is 0 Å². The van der Waals surface area contributed by atoms with Crippen LogP contribution in [0.1, 0.15) is 0 Å². The minimum Gasteiger partial charge on any atom is -0.354 e. The third-order valence-corrected chi connectivity index (χ3v) is 1.84. The van der Waals surface area contributed by atoms with E-state index in [2.05, 4.69) is 0 Å². The molecule has 1 aromatic rings. The summed E-state index contributed by atoms with van der Waals surface area (Å²) in [5.41, 5.74) is 0. The van der Waals surface area contributed by atoms with Crippen molar-refractivity contribution in [2.24, 2.45) is 0 Å². The van der Waals surface area contributed by atoms with Gasteiger partial charge < -0.3 is 4.74 Å². The van der Waals surface area contributed by atoms with Gasteiger partial charge >= 0.3 is 0 Å². The second-order valence-corrected chi connectivity index (χ2v) is 2.92. The van der Waals surface area contributed by atoms with Crippen LogP contribution in [0.3, 0.4) is 0 Å². The highest BCUT2D eigenvalue weighted by Gasteiger charge is 2.00. The van der Waals surface area contributed by atoms with E-state index in [9.17, 15) is 0 Å². The minimum atomic E-state index is 0.344. The molecule has 11 heavy (non-hydrogen) atoms. The first-order chi connectivity index (χ1) is 5.43. The molecule has 0 amide bonds. The third-order valence-electron chi connectivity index (χ3n) is 1.10. The predicted octanol–water partition coefficient (Wildman–Crippen LogP) is 1.40. The zero-order valence-electron chi connectivity index (χ0n) is 6.36. The van der Waals surface area contributed by atoms with Crippen molar-refractivity contribution in [2.45, 2.75) is 4.90 Å². The van der Waals surface area contributed by atoms with Gasteiger partial charge in [-0.2, -0.15) is 0 Å². The van der Waals surface area contributed by atoms with E-state index < -0.39 is 0 Å². The van der Waals surface area contributed by atoms with Crippen molar-refractivity contribution < 1.29 is 8.92 Å². The summed E-state index contributed by atoms with van der Waals surface area (Å²) in [4.78, 5) is 1.14. The Balaban J connectivity index is 2.28. The van der Waals surface area contributed by atoms with Crippen molar-refractivity contribution >= 4 is 12.0 Å². The second kappa shape index (κ2) is 5.18. The summed E-state index contributed by atoms with van der Waals surface area (Å²) in [5.74, 6) is 0. The number of thiol groups is 1. The highest BCUT2D eigenvalue weighted by Crippen LogP contribution is 2.01. The van der Waals surface area contributed by atoms with Crippen molar-refractivity contribution in [2.75, 3.05) is 13.9 Å². The van der Waals surface area contributed by atoms with Gasteiger partial charge in [0.05, 0.1) is 0 Å². The SMILES string of the molecule is COCO[SH+]c1ccccc1. The van der Waals surface area contributed by atoms with E-state index in [1.165, 1.54) is 0 Å². The Bertz CT molecular complexity index is 189. The normalized spacial score (nSPS) is 9.91. The van der Waals surface area contributed by atoms with Crippen molar-refractivity contribution in [1.82, 2.24) is 0 Å². The third kappa shape index (κ3) is 3.41. The Hall–Kier alpha value is -0.510. The minimum absolute atomic E-state index is 0.344. The van der Waals surface area contributed by atoms with E-state index in [0.717, 1.165) is 16.9 Å². The molecule has 0 aliphatic rings. The van der Waals surface area contributed by atoms with E-state index in [0.29, 0.717) is 6.79 Å². The lowest BCUT2D eigenvalue weighted by molar-refractivity contribution is 0.0657. The number of benzene rings is 1. The highest BCUT2D eigenvalue weighted by atomic mass is 32.2. The molecule has 0 heterocycles. The lowest BCUT2D eigenvalue weighted by Crippen LogP contribution is -1.94. The van der Waals surface area contributed by atoms with E-state index in [1.54, 1.807) is 7.11 Å². The second-order valence-electron chi connectivity index (χ2n) is 1.96. The molecular formula is C8H11O2S+. The fraction of sp³-hybridized carbons (Fsp3) is 0.250. The standard InChI is InChI=1S/C8H10O2S/c1-9-7-10-11-8-5-3-2-4-6-8/h2-6H,7H2,1H3/p+1. The van der Waals surface area contributed by atoms with E-state index >= 15 is 0 Å². The van der Waals surface area contributed by atoms with Gasteiger partial charge in [-0.3, -0.25) is 0 Å². The number of hydrogen-bond acceptors (Lipinski definition) is 2. The largest absolute Gasteiger partial charge is 0.354 e. The van der Waals surface area contributed by atoms with Crippen LogP contribution in [0, 0.1) is 0 Å². The average molecular weight is 171 g/mol. The monoisotopic (exact) mass is 171 g/mol. The first-order valence-electron chi connectivity index (χ1n) is 3.30. The van der Waals surface area contributed by atoms with Crippen LogP contribution in [0.25, 0.3) is 0 Å². The molecule has 0 spiro atoms. The van der Waals surface area contributed by atoms with E-state index in [-0.39, 0.29) is 0 Å². The fourth-order valence-corrected chi connectivity index (χ4v) is 1.24. The van der Waals surface area contributed by atoms with Gasteiger partial charge in [0, 0.05) is 7.11 Å². The molecule has 0 saturated carbocycles. The van der Waals surface area contributed by atoms with Crippen molar-refractivity contribution in [3.8, 4) is 0 Å². The van der Waals surface area contributed by atoms with Crippen molar-refractivity contribution in [3.63, 3.8) is 0 Å². The molecule has 0 aliphatic carbocycles. The summed E-state index contributed by atoms with van der Waals surface area (Å²) >= 11 is 0.853. The summed E-state index contributed by atoms with van der Waals surface area (Å²) in [6.45, 7) is 0.344. The van der Waals surface area contributed by atoms with E-state index in [1.807, 2.05) is 30.3 Å². The molecule has 0 aromatic heterocycles. The number of hydrogen-bond donors (Lipinski definition) is 0. The fourth-order valence-electron chi connectivity index (χ4n) is 0.642. The molecule has 1 aromatic carbocycles. The number of rotatable bonds is 4. The summed E-state index contributed by atoms with van der Waals surface area (Å²) in [5, 5.41) is 0. The van der Waals surface area contributed by atoms with Gasteiger partial charge in [0.2, 0.25) is 6.79 Å². The van der Waals surface area contributed by atoms with E-state index in [4.69, 9.17) is 8.92 Å². The zero-order chi connectivity index (χ0) is 7.94. The van der Waals surface area contributed by atoms with Crippen LogP contribution in [0.4, 0.5) is 0 Å². The van der Waals surface area contributed by atoms with Crippen LogP contribution in [0.2, 0.25) is 0 Å².